The van der Waals surface area contributed by atoms with Crippen LogP contribution in [0.25, 0.3) is 17.0 Å². The number of thiophene rings is 1. The van der Waals surface area contributed by atoms with Crippen LogP contribution in [0.2, 0.25) is 0 Å². The molecule has 1 aliphatic heterocycles. The molecule has 1 radical (unpaired) electrons. The van der Waals surface area contributed by atoms with E-state index in [9.17, 15) is 9.59 Å². The summed E-state index contributed by atoms with van der Waals surface area (Å²) in [5.41, 5.74) is 18.7. The van der Waals surface area contributed by atoms with Crippen LogP contribution in [0.1, 0.15) is 26.4 Å². The average Bonchev–Trinajstić information content (AvgIpc) is 3.41. The molecule has 1 atom stereocenters. The first-order chi connectivity index (χ1) is 16.4. The zero-order valence-electron chi connectivity index (χ0n) is 19.5. The summed E-state index contributed by atoms with van der Waals surface area (Å²) < 4.78 is 13.3. The molecule has 9 nitrogen and oxygen atoms in total. The zero-order valence-corrected chi connectivity index (χ0v) is 25.0. The number of primary amides is 1. The van der Waals surface area contributed by atoms with Gasteiger partial charge in [-0.25, -0.2) is 0 Å². The van der Waals surface area contributed by atoms with Gasteiger partial charge in [-0.2, -0.15) is 5.10 Å². The first-order valence-corrected chi connectivity index (χ1v) is 12.0. The molecule has 2 aliphatic rings. The number of fused-ring (bicyclic) bond motifs is 3. The van der Waals surface area contributed by atoms with E-state index in [1.165, 1.54) is 11.3 Å². The first-order valence-electron chi connectivity index (χ1n) is 11.2. The van der Waals surface area contributed by atoms with Gasteiger partial charge in [-0.1, -0.05) is 29.5 Å². The smallest absolute Gasteiger partial charge is 0.259 e. The predicted molar refractivity (Wildman–Crippen MR) is 128 cm³/mol. The number of nitrogens with zero attached hydrogens (tertiary/aromatic N) is 3. The summed E-state index contributed by atoms with van der Waals surface area (Å²) >= 11 is 1.26. The van der Waals surface area contributed by atoms with Crippen molar-refractivity contribution in [2.45, 2.75) is 25.3 Å². The number of ether oxygens (including phenoxy) is 2. The van der Waals surface area contributed by atoms with Gasteiger partial charge in [0.15, 0.2) is 5.06 Å². The molecule has 1 fully saturated rings. The minimum absolute atomic E-state index is 0. The topological polar surface area (TPSA) is 123 Å². The Kier molecular flexibility index (Phi) is 8.34. The second-order valence-corrected chi connectivity index (χ2v) is 9.50. The Morgan fingerprint density at radius 3 is 2.63 bits per heavy atom. The normalized spacial score (nSPS) is 15.5. The number of aryl methyl sites for hydroxylation is 2. The van der Waals surface area contributed by atoms with Crippen LogP contribution in [-0.4, -0.2) is 58.8 Å². The van der Waals surface area contributed by atoms with E-state index in [1.54, 1.807) is 9.58 Å². The Bertz CT molecular complexity index is 1230. The Morgan fingerprint density at radius 1 is 1.23 bits per heavy atom. The molecule has 1 aliphatic carbocycles. The van der Waals surface area contributed by atoms with Gasteiger partial charge in [0.25, 0.3) is 5.91 Å². The number of rotatable bonds is 6. The maximum Gasteiger partial charge on any atom is 0.259 e. The van der Waals surface area contributed by atoms with Gasteiger partial charge in [-0.15, -0.1) is 0 Å². The molecule has 1 unspecified atom stereocenters. The van der Waals surface area contributed by atoms with Crippen molar-refractivity contribution >= 4 is 23.2 Å². The Labute approximate surface area is 243 Å². The van der Waals surface area contributed by atoms with E-state index >= 15 is 0 Å². The maximum atomic E-state index is 12.5. The minimum Gasteiger partial charge on any atom is -0.667 e. The first kappa shape index (κ1) is 26.3. The molecule has 1 aromatic carbocycles. The molecule has 1 saturated heterocycles. The number of hydrogen-bond acceptors (Lipinski definition) is 6. The number of aromatic nitrogens is 2. The van der Waals surface area contributed by atoms with Gasteiger partial charge in [0, 0.05) is 64.2 Å². The third kappa shape index (κ3) is 5.35. The summed E-state index contributed by atoms with van der Waals surface area (Å²) in [5, 5.41) is 4.99. The molecule has 3 N–H and O–H groups in total. The number of amides is 2. The summed E-state index contributed by atoms with van der Waals surface area (Å²) in [7, 11) is 1.88. The number of nitrogens with two attached hydrogens (primary N) is 1. The molecule has 0 bridgehead atoms. The van der Waals surface area contributed by atoms with E-state index in [0.717, 1.165) is 34.4 Å². The number of morpholine rings is 1. The van der Waals surface area contributed by atoms with Gasteiger partial charge in [0.2, 0.25) is 5.91 Å². The molecule has 3 heterocycles. The predicted octanol–water partition coefficient (Wildman–Crippen LogP) is 2.96. The Balaban J connectivity index is 0.00000289. The maximum absolute atomic E-state index is 12.5. The monoisotopic (exact) mass is 707 g/mol. The van der Waals surface area contributed by atoms with Crippen LogP contribution < -0.4 is 10.5 Å². The summed E-state index contributed by atoms with van der Waals surface area (Å²) in [6.07, 6.45) is 3.70. The van der Waals surface area contributed by atoms with Crippen LogP contribution in [0.15, 0.2) is 30.5 Å². The molecule has 35 heavy (non-hydrogen) atoms. The summed E-state index contributed by atoms with van der Waals surface area (Å²) in [4.78, 5) is 26.8. The van der Waals surface area contributed by atoms with Crippen molar-refractivity contribution in [3.63, 3.8) is 0 Å². The van der Waals surface area contributed by atoms with Crippen molar-refractivity contribution in [3.05, 3.63) is 57.8 Å². The van der Waals surface area contributed by atoms with Crippen molar-refractivity contribution in [1.82, 2.24) is 14.7 Å². The zero-order chi connectivity index (χ0) is 23.8. The van der Waals surface area contributed by atoms with Gasteiger partial charge in [-0.3, -0.25) is 14.3 Å². The Hall–Kier alpha value is -1.77. The number of benzene rings is 1. The van der Waals surface area contributed by atoms with E-state index in [-0.39, 0.29) is 50.0 Å². The molecule has 181 valence electrons. The fraction of sp³-hybridized carbons (Fsp3) is 0.375. The van der Waals surface area contributed by atoms with Gasteiger partial charge < -0.3 is 25.8 Å². The van der Waals surface area contributed by atoms with Crippen molar-refractivity contribution in [3.8, 4) is 22.1 Å². The fourth-order valence-electron chi connectivity index (χ4n) is 4.57. The van der Waals surface area contributed by atoms with Gasteiger partial charge in [-0.05, 0) is 48.1 Å². The van der Waals surface area contributed by atoms with Crippen molar-refractivity contribution in [1.29, 1.82) is 0 Å². The molecule has 2 aromatic heterocycles. The molecular formula is C24H26AcN5O4S-. The summed E-state index contributed by atoms with van der Waals surface area (Å²) in [6, 6.07) is 6.53. The van der Waals surface area contributed by atoms with E-state index in [4.69, 9.17) is 20.9 Å². The molecule has 2 amide bonds. The van der Waals surface area contributed by atoms with Crippen LogP contribution >= 0.6 is 11.3 Å². The average molecular weight is 708 g/mol. The van der Waals surface area contributed by atoms with Gasteiger partial charge >= 0.3 is 0 Å². The second-order valence-electron chi connectivity index (χ2n) is 8.52. The summed E-state index contributed by atoms with van der Waals surface area (Å²) in [6.45, 7) is 2.12. The SMILES string of the molecule is Cn1ncc2c1-c1c(Oc3ccc(CC([NH-])C(=O)N4CCOCC4)cc3)sc(C(N)=O)c1CC2.[Ac]. The second kappa shape index (κ2) is 11.1. The van der Waals surface area contributed by atoms with Gasteiger partial charge in [0.1, 0.15) is 5.75 Å². The number of carbonyl (C=O) groups is 2. The van der Waals surface area contributed by atoms with Crippen molar-refractivity contribution in [2.24, 2.45) is 12.8 Å². The van der Waals surface area contributed by atoms with E-state index in [1.807, 2.05) is 37.5 Å². The van der Waals surface area contributed by atoms with E-state index in [0.29, 0.717) is 54.8 Å². The van der Waals surface area contributed by atoms with E-state index < -0.39 is 11.9 Å². The Morgan fingerprint density at radius 2 is 1.94 bits per heavy atom. The molecule has 11 heteroatoms. The molecule has 0 saturated carbocycles. The number of hydrogen-bond donors (Lipinski definition) is 1. The molecule has 3 aromatic rings. The standard InChI is InChI=1S/C24H26N5O4S.Ac/c1-28-20-15(13-27-28)4-7-17-19(20)24(34-21(17)22(26)30)33-16-5-2-14(3-6-16)12-18(25)23(31)29-8-10-32-11-9-29;/h2-3,5-6,13,18,25H,4,7-12H2,1H3,(H2,26,30);/q-1;. The van der Waals surface area contributed by atoms with Crippen LogP contribution in [0.3, 0.4) is 0 Å². The fourth-order valence-corrected chi connectivity index (χ4v) is 5.64. The van der Waals surface area contributed by atoms with Crippen molar-refractivity contribution < 1.29 is 63.1 Å². The molecule has 0 spiro atoms. The summed E-state index contributed by atoms with van der Waals surface area (Å²) in [5.74, 6) is -0.0116. The minimum atomic E-state index is -0.851. The largest absolute Gasteiger partial charge is 0.667 e. The van der Waals surface area contributed by atoms with Gasteiger partial charge in [0.05, 0.1) is 35.5 Å². The van der Waals surface area contributed by atoms with Crippen LogP contribution in [-0.2, 0) is 35.8 Å². The van der Waals surface area contributed by atoms with E-state index in [2.05, 4.69) is 5.10 Å². The van der Waals surface area contributed by atoms with Crippen LogP contribution in [0, 0.1) is 44.1 Å². The van der Waals surface area contributed by atoms with Crippen LogP contribution in [0.5, 0.6) is 10.8 Å². The number of nitrogens with one attached hydrogen (secondary N) is 1. The third-order valence-electron chi connectivity index (χ3n) is 6.29. The number of carbonyl (C=O) groups excluding carboxylic acids is 2. The third-order valence-corrected chi connectivity index (χ3v) is 7.41. The van der Waals surface area contributed by atoms with Crippen molar-refractivity contribution in [2.75, 3.05) is 26.3 Å². The van der Waals surface area contributed by atoms with Crippen LogP contribution in [0.4, 0.5) is 0 Å². The molecular weight excluding hydrogens is 681 g/mol. The quantitative estimate of drug-likeness (QED) is 0.423. The molecule has 5 rings (SSSR count).